The molecule has 0 radical (unpaired) electrons. The largest absolute Gasteiger partial charge is 0.496 e. The van der Waals surface area contributed by atoms with Gasteiger partial charge < -0.3 is 4.74 Å². The molecule has 3 nitrogen and oxygen atoms in total. The third-order valence-corrected chi connectivity index (χ3v) is 3.59. The van der Waals surface area contributed by atoms with Crippen molar-refractivity contribution in [1.29, 1.82) is 0 Å². The van der Waals surface area contributed by atoms with Crippen molar-refractivity contribution < 1.29 is 17.9 Å². The number of aromatic nitrogens is 2. The maximum atomic E-state index is 13.2. The topological polar surface area (TPSA) is 35.0 Å². The van der Waals surface area contributed by atoms with Gasteiger partial charge in [-0.1, -0.05) is 0 Å². The molecule has 0 aliphatic carbocycles. The number of fused-ring (bicyclic) bond motifs is 1. The molecule has 6 heteroatoms. The van der Waals surface area contributed by atoms with Gasteiger partial charge in [-0.3, -0.25) is 9.97 Å². The summed E-state index contributed by atoms with van der Waals surface area (Å²) in [6.07, 6.45) is -2.85. The molecule has 2 heterocycles. The number of pyridine rings is 2. The van der Waals surface area contributed by atoms with Gasteiger partial charge in [0.05, 0.1) is 23.9 Å². The molecule has 2 aromatic heterocycles. The van der Waals surface area contributed by atoms with Crippen molar-refractivity contribution in [3.63, 3.8) is 0 Å². The lowest BCUT2D eigenvalue weighted by Gasteiger charge is -2.14. The zero-order valence-electron chi connectivity index (χ0n) is 12.5. The molecule has 0 fully saturated rings. The van der Waals surface area contributed by atoms with Crippen LogP contribution in [-0.2, 0) is 6.18 Å². The minimum Gasteiger partial charge on any atom is -0.496 e. The summed E-state index contributed by atoms with van der Waals surface area (Å²) in [4.78, 5) is 8.65. The number of halogens is 3. The Bertz CT molecular complexity index is 875. The fourth-order valence-electron chi connectivity index (χ4n) is 2.48. The minimum absolute atomic E-state index is 0.211. The van der Waals surface area contributed by atoms with Crippen LogP contribution in [0.3, 0.4) is 0 Å². The van der Waals surface area contributed by atoms with E-state index in [0.29, 0.717) is 16.8 Å². The van der Waals surface area contributed by atoms with E-state index in [1.54, 1.807) is 24.4 Å². The molecular weight excluding hydrogens is 305 g/mol. The van der Waals surface area contributed by atoms with E-state index in [1.807, 2.05) is 13.0 Å². The van der Waals surface area contributed by atoms with Crippen molar-refractivity contribution in [2.75, 3.05) is 7.11 Å². The highest BCUT2D eigenvalue weighted by Crippen LogP contribution is 2.38. The van der Waals surface area contributed by atoms with Gasteiger partial charge in [0.2, 0.25) is 0 Å². The first-order valence-corrected chi connectivity index (χ1v) is 6.88. The normalized spacial score (nSPS) is 11.7. The van der Waals surface area contributed by atoms with E-state index in [0.717, 1.165) is 17.1 Å². The molecule has 0 unspecified atom stereocenters. The molecule has 23 heavy (non-hydrogen) atoms. The number of rotatable bonds is 2. The van der Waals surface area contributed by atoms with Crippen molar-refractivity contribution in [3.8, 4) is 17.0 Å². The molecule has 3 rings (SSSR count). The summed E-state index contributed by atoms with van der Waals surface area (Å²) >= 11 is 0. The van der Waals surface area contributed by atoms with E-state index in [1.165, 1.54) is 13.2 Å². The van der Waals surface area contributed by atoms with Gasteiger partial charge >= 0.3 is 6.18 Å². The number of ether oxygens (including phenoxy) is 1. The van der Waals surface area contributed by atoms with Gasteiger partial charge in [0, 0.05) is 22.8 Å². The SMILES string of the molecule is COc1ccc(-c2cc3ncccc3c(C)n2)cc1C(F)(F)F. The van der Waals surface area contributed by atoms with Crippen LogP contribution in [0, 0.1) is 6.92 Å². The summed E-state index contributed by atoms with van der Waals surface area (Å²) in [5.74, 6) is -0.211. The fraction of sp³-hybridized carbons (Fsp3) is 0.176. The molecule has 1 aromatic carbocycles. The Morgan fingerprint density at radius 3 is 2.57 bits per heavy atom. The molecule has 0 bridgehead atoms. The lowest BCUT2D eigenvalue weighted by atomic mass is 10.0. The third kappa shape index (κ3) is 2.84. The Labute approximate surface area is 130 Å². The van der Waals surface area contributed by atoms with Crippen LogP contribution in [0.15, 0.2) is 42.6 Å². The highest BCUT2D eigenvalue weighted by molar-refractivity contribution is 5.84. The lowest BCUT2D eigenvalue weighted by molar-refractivity contribution is -0.138. The van der Waals surface area contributed by atoms with Crippen LogP contribution in [-0.4, -0.2) is 17.1 Å². The first kappa shape index (κ1) is 15.3. The first-order chi connectivity index (χ1) is 10.9. The molecule has 0 saturated carbocycles. The quantitative estimate of drug-likeness (QED) is 0.691. The van der Waals surface area contributed by atoms with E-state index in [-0.39, 0.29) is 5.75 Å². The zero-order chi connectivity index (χ0) is 16.6. The maximum Gasteiger partial charge on any atom is 0.419 e. The number of benzene rings is 1. The number of hydrogen-bond donors (Lipinski definition) is 0. The standard InChI is InChI=1S/C17H13F3N2O/c1-10-12-4-3-7-21-15(12)9-14(22-10)11-5-6-16(23-2)13(8-11)17(18,19)20/h3-9H,1-2H3. The first-order valence-electron chi connectivity index (χ1n) is 6.88. The summed E-state index contributed by atoms with van der Waals surface area (Å²) in [5, 5.41) is 0.876. The predicted molar refractivity (Wildman–Crippen MR) is 81.3 cm³/mol. The Morgan fingerprint density at radius 2 is 1.87 bits per heavy atom. The molecule has 118 valence electrons. The molecule has 0 aliphatic heterocycles. The molecular formula is C17H13F3N2O. The number of nitrogens with zero attached hydrogens (tertiary/aromatic N) is 2. The van der Waals surface area contributed by atoms with E-state index in [4.69, 9.17) is 4.74 Å². The van der Waals surface area contributed by atoms with Gasteiger partial charge in [-0.2, -0.15) is 13.2 Å². The molecule has 0 N–H and O–H groups in total. The maximum absolute atomic E-state index is 13.2. The van der Waals surface area contributed by atoms with Crippen molar-refractivity contribution in [2.45, 2.75) is 13.1 Å². The van der Waals surface area contributed by atoms with Crippen molar-refractivity contribution in [2.24, 2.45) is 0 Å². The Balaban J connectivity index is 2.19. The summed E-state index contributed by atoms with van der Waals surface area (Å²) < 4.78 is 44.3. The van der Waals surface area contributed by atoms with E-state index >= 15 is 0 Å². The highest BCUT2D eigenvalue weighted by Gasteiger charge is 2.34. The number of hydrogen-bond acceptors (Lipinski definition) is 3. The second-order valence-electron chi connectivity index (χ2n) is 5.08. The lowest BCUT2D eigenvalue weighted by Crippen LogP contribution is -2.07. The van der Waals surface area contributed by atoms with Gasteiger partial charge in [-0.25, -0.2) is 0 Å². The minimum atomic E-state index is -4.49. The van der Waals surface area contributed by atoms with Crippen LogP contribution in [0.2, 0.25) is 0 Å². The summed E-state index contributed by atoms with van der Waals surface area (Å²) in [7, 11) is 1.21. The Morgan fingerprint density at radius 1 is 1.09 bits per heavy atom. The number of methoxy groups -OCH3 is 1. The van der Waals surface area contributed by atoms with Crippen LogP contribution in [0.5, 0.6) is 5.75 Å². The molecule has 0 aliphatic rings. The Kier molecular flexibility index (Phi) is 3.67. The van der Waals surface area contributed by atoms with Crippen LogP contribution in [0.4, 0.5) is 13.2 Å². The third-order valence-electron chi connectivity index (χ3n) is 3.59. The van der Waals surface area contributed by atoms with Crippen LogP contribution in [0.25, 0.3) is 22.2 Å². The van der Waals surface area contributed by atoms with Gasteiger partial charge in [0.25, 0.3) is 0 Å². The molecule has 0 saturated heterocycles. The van der Waals surface area contributed by atoms with Crippen LogP contribution >= 0.6 is 0 Å². The molecule has 0 spiro atoms. The van der Waals surface area contributed by atoms with E-state index in [9.17, 15) is 13.2 Å². The van der Waals surface area contributed by atoms with Crippen LogP contribution in [0.1, 0.15) is 11.3 Å². The zero-order valence-corrected chi connectivity index (χ0v) is 12.5. The average Bonchev–Trinajstić information content (AvgIpc) is 2.53. The van der Waals surface area contributed by atoms with Crippen molar-refractivity contribution >= 4 is 10.9 Å². The second kappa shape index (κ2) is 5.53. The summed E-state index contributed by atoms with van der Waals surface area (Å²) in [6.45, 7) is 1.81. The summed E-state index contributed by atoms with van der Waals surface area (Å²) in [6, 6.07) is 9.28. The Hall–Kier alpha value is -2.63. The van der Waals surface area contributed by atoms with Gasteiger partial charge in [0.15, 0.2) is 0 Å². The average molecular weight is 318 g/mol. The molecule has 0 atom stereocenters. The monoisotopic (exact) mass is 318 g/mol. The number of alkyl halides is 3. The van der Waals surface area contributed by atoms with E-state index in [2.05, 4.69) is 9.97 Å². The van der Waals surface area contributed by atoms with Gasteiger partial charge in [-0.15, -0.1) is 0 Å². The number of aryl methyl sites for hydroxylation is 1. The predicted octanol–water partition coefficient (Wildman–Crippen LogP) is 4.63. The van der Waals surface area contributed by atoms with E-state index < -0.39 is 11.7 Å². The van der Waals surface area contributed by atoms with Crippen molar-refractivity contribution in [3.05, 3.63) is 53.9 Å². The second-order valence-corrected chi connectivity index (χ2v) is 5.08. The van der Waals surface area contributed by atoms with Gasteiger partial charge in [-0.05, 0) is 43.3 Å². The smallest absolute Gasteiger partial charge is 0.419 e. The molecule has 0 amide bonds. The fourth-order valence-corrected chi connectivity index (χ4v) is 2.48. The van der Waals surface area contributed by atoms with Gasteiger partial charge in [0.1, 0.15) is 5.75 Å². The highest BCUT2D eigenvalue weighted by atomic mass is 19.4. The summed E-state index contributed by atoms with van der Waals surface area (Å²) in [5.41, 5.74) is 1.41. The van der Waals surface area contributed by atoms with Crippen LogP contribution < -0.4 is 4.74 Å². The molecule has 3 aromatic rings. The van der Waals surface area contributed by atoms with Crippen molar-refractivity contribution in [1.82, 2.24) is 9.97 Å².